The fraction of sp³-hybridized carbons (Fsp3) is 0. The molecule has 8 heteroatoms. The molecule has 3 aromatic rings. The highest BCUT2D eigenvalue weighted by atomic mass is 127. The summed E-state index contributed by atoms with van der Waals surface area (Å²) in [6.45, 7) is 0. The van der Waals surface area contributed by atoms with Crippen LogP contribution in [0.4, 0.5) is 0 Å². The van der Waals surface area contributed by atoms with Gasteiger partial charge in [0.25, 0.3) is 0 Å². The summed E-state index contributed by atoms with van der Waals surface area (Å²) in [6, 6.07) is 25.2. The number of nitrogens with one attached hydrogen (secondary N) is 4. The van der Waals surface area contributed by atoms with Crippen LogP contribution < -0.4 is 21.3 Å². The lowest BCUT2D eigenvalue weighted by molar-refractivity contribution is -0.111. The Labute approximate surface area is 282 Å². The number of hydrogen-bond donors (Lipinski definition) is 4. The number of carbonyl (C=O) groups excluding carboxylic acids is 2. The van der Waals surface area contributed by atoms with Gasteiger partial charge in [0.2, 0.25) is 0 Å². The highest BCUT2D eigenvalue weighted by molar-refractivity contribution is 14.1. The fourth-order valence-corrected chi connectivity index (χ4v) is 6.39. The molecule has 0 bridgehead atoms. The number of ketones is 2. The molecule has 44 heavy (non-hydrogen) atoms. The van der Waals surface area contributed by atoms with Crippen LogP contribution in [-0.4, -0.2) is 11.6 Å². The van der Waals surface area contributed by atoms with E-state index < -0.39 is 0 Å². The van der Waals surface area contributed by atoms with Gasteiger partial charge in [0.15, 0.2) is 11.6 Å². The average Bonchev–Trinajstić information content (AvgIpc) is 3.68. The van der Waals surface area contributed by atoms with Crippen molar-refractivity contribution >= 4 is 79.5 Å². The Morgan fingerprint density at radius 3 is 1.09 bits per heavy atom. The predicted octanol–water partition coefficient (Wildman–Crippen LogP) is 6.75. The van der Waals surface area contributed by atoms with Crippen LogP contribution in [0.25, 0.3) is 22.8 Å². The summed E-state index contributed by atoms with van der Waals surface area (Å²) < 4.78 is 2.28. The number of hydrogen-bond acceptors (Lipinski definition) is 6. The molecule has 4 N–H and O–H groups in total. The molecule has 0 saturated carbocycles. The number of rotatable bonds is 4. The summed E-state index contributed by atoms with van der Waals surface area (Å²) in [6.07, 6.45) is 13.6. The van der Waals surface area contributed by atoms with Crippen molar-refractivity contribution in [2.24, 2.45) is 0 Å². The Morgan fingerprint density at radius 2 is 0.750 bits per heavy atom. The highest BCUT2D eigenvalue weighted by Crippen LogP contribution is 2.34. The Hall–Kier alpha value is -4.42. The maximum absolute atomic E-state index is 11.7. The van der Waals surface area contributed by atoms with E-state index in [0.29, 0.717) is 0 Å². The van der Waals surface area contributed by atoms with Crippen molar-refractivity contribution in [3.63, 3.8) is 0 Å². The summed E-state index contributed by atoms with van der Waals surface area (Å²) in [5.41, 5.74) is 9.81. The SMILES string of the molecule is O=C1C=CC(=C2NC(c3ccc(C4=C(c5cccc(I)c5)NC(=C5C=CC(=O)C=C5)N4)cc3)=C(c3cccc(I)c3)N2)C=C1. The van der Waals surface area contributed by atoms with Crippen LogP contribution in [0.3, 0.4) is 0 Å². The van der Waals surface area contributed by atoms with Crippen molar-refractivity contribution in [1.29, 1.82) is 0 Å². The Bertz CT molecular complexity index is 1830. The summed E-state index contributed by atoms with van der Waals surface area (Å²) in [4.78, 5) is 23.5. The normalized spacial score (nSPS) is 17.4. The minimum absolute atomic E-state index is 0.0225. The first-order chi connectivity index (χ1) is 21.4. The monoisotopic (exact) mass is 798 g/mol. The van der Waals surface area contributed by atoms with Crippen LogP contribution in [0.2, 0.25) is 0 Å². The first kappa shape index (κ1) is 28.4. The van der Waals surface area contributed by atoms with E-state index in [2.05, 4.69) is 127 Å². The van der Waals surface area contributed by atoms with E-state index in [0.717, 1.165) is 75.0 Å². The summed E-state index contributed by atoms with van der Waals surface area (Å²) >= 11 is 4.66. The molecule has 2 aliphatic heterocycles. The fourth-order valence-electron chi connectivity index (χ4n) is 5.30. The van der Waals surface area contributed by atoms with Crippen molar-refractivity contribution in [3.8, 4) is 0 Å². The molecule has 214 valence electrons. The van der Waals surface area contributed by atoms with Crippen molar-refractivity contribution in [2.75, 3.05) is 0 Å². The maximum atomic E-state index is 11.7. The lowest BCUT2D eigenvalue weighted by Crippen LogP contribution is -2.16. The molecule has 4 aliphatic rings. The van der Waals surface area contributed by atoms with Gasteiger partial charge in [-0.25, -0.2) is 0 Å². The molecular weight excluding hydrogens is 774 g/mol. The van der Waals surface area contributed by atoms with Gasteiger partial charge >= 0.3 is 0 Å². The van der Waals surface area contributed by atoms with E-state index in [1.54, 1.807) is 24.3 Å². The van der Waals surface area contributed by atoms with Gasteiger partial charge in [0.05, 0.1) is 22.8 Å². The molecule has 0 unspecified atom stereocenters. The van der Waals surface area contributed by atoms with Crippen LogP contribution in [0.5, 0.6) is 0 Å². The predicted molar refractivity (Wildman–Crippen MR) is 192 cm³/mol. The molecule has 2 heterocycles. The first-order valence-corrected chi connectivity index (χ1v) is 16.1. The lowest BCUT2D eigenvalue weighted by atomic mass is 10.0. The topological polar surface area (TPSA) is 82.3 Å². The third-order valence-corrected chi connectivity index (χ3v) is 8.82. The van der Waals surface area contributed by atoms with Crippen LogP contribution in [0.15, 0.2) is 144 Å². The van der Waals surface area contributed by atoms with Gasteiger partial charge in [-0.3, -0.25) is 9.59 Å². The summed E-state index contributed by atoms with van der Waals surface area (Å²) in [7, 11) is 0. The highest BCUT2D eigenvalue weighted by Gasteiger charge is 2.25. The van der Waals surface area contributed by atoms with E-state index in [4.69, 9.17) is 0 Å². The second-order valence-corrected chi connectivity index (χ2v) is 12.9. The standard InChI is InChI=1S/C36H24I2N4O2/c37-27-5-1-3-25(19-27)33-31(39-35(41-33)23-11-15-29(43)16-12-23)21-7-9-22(10-8-21)32-34(26-4-2-6-28(38)20-26)42-36(40-32)24-13-17-30(44)18-14-24/h1-20,39-42H. The van der Waals surface area contributed by atoms with Gasteiger partial charge in [0, 0.05) is 40.5 Å². The third-order valence-electron chi connectivity index (χ3n) is 7.47. The Kier molecular flexibility index (Phi) is 7.69. The molecular formula is C36H24I2N4O2. The van der Waals surface area contributed by atoms with Crippen molar-refractivity contribution in [3.05, 3.63) is 174 Å². The molecule has 2 aliphatic carbocycles. The molecule has 0 radical (unpaired) electrons. The van der Waals surface area contributed by atoms with Gasteiger partial charge in [-0.05, 0) is 118 Å². The molecule has 0 fully saturated rings. The van der Waals surface area contributed by atoms with Crippen molar-refractivity contribution < 1.29 is 9.59 Å². The van der Waals surface area contributed by atoms with Gasteiger partial charge in [-0.2, -0.15) is 0 Å². The van der Waals surface area contributed by atoms with Gasteiger partial charge in [0.1, 0.15) is 11.6 Å². The first-order valence-electron chi connectivity index (χ1n) is 13.9. The molecule has 3 aromatic carbocycles. The van der Waals surface area contributed by atoms with E-state index in [1.807, 2.05) is 36.4 Å². The molecule has 6 nitrogen and oxygen atoms in total. The third kappa shape index (κ3) is 5.74. The van der Waals surface area contributed by atoms with E-state index in [1.165, 1.54) is 0 Å². The van der Waals surface area contributed by atoms with Gasteiger partial charge in [-0.1, -0.05) is 48.5 Å². The van der Waals surface area contributed by atoms with E-state index in [9.17, 15) is 9.59 Å². The molecule has 0 saturated heterocycles. The maximum Gasteiger partial charge on any atom is 0.178 e. The molecule has 0 aromatic heterocycles. The number of carbonyl (C=O) groups is 2. The summed E-state index contributed by atoms with van der Waals surface area (Å²) in [5, 5.41) is 14.3. The zero-order valence-corrected chi connectivity index (χ0v) is 27.4. The minimum Gasteiger partial charge on any atom is -0.339 e. The Morgan fingerprint density at radius 1 is 0.409 bits per heavy atom. The summed E-state index contributed by atoms with van der Waals surface area (Å²) in [5.74, 6) is 1.61. The lowest BCUT2D eigenvalue weighted by Gasteiger charge is -2.11. The van der Waals surface area contributed by atoms with E-state index in [-0.39, 0.29) is 11.6 Å². The quantitative estimate of drug-likeness (QED) is 0.219. The van der Waals surface area contributed by atoms with Gasteiger partial charge < -0.3 is 21.3 Å². The zero-order chi connectivity index (χ0) is 30.2. The Balaban J connectivity index is 1.28. The second kappa shape index (κ2) is 11.9. The smallest absolute Gasteiger partial charge is 0.178 e. The van der Waals surface area contributed by atoms with Gasteiger partial charge in [-0.15, -0.1) is 0 Å². The van der Waals surface area contributed by atoms with Crippen LogP contribution in [0.1, 0.15) is 22.3 Å². The van der Waals surface area contributed by atoms with Crippen LogP contribution >= 0.6 is 45.2 Å². The zero-order valence-electron chi connectivity index (χ0n) is 23.1. The molecule has 7 rings (SSSR count). The molecule has 0 spiro atoms. The van der Waals surface area contributed by atoms with E-state index >= 15 is 0 Å². The average molecular weight is 798 g/mol. The molecule has 0 amide bonds. The molecule has 0 atom stereocenters. The van der Waals surface area contributed by atoms with Crippen molar-refractivity contribution in [1.82, 2.24) is 21.3 Å². The second-order valence-electron chi connectivity index (χ2n) is 10.4. The number of halogens is 2. The minimum atomic E-state index is -0.0225. The largest absolute Gasteiger partial charge is 0.339 e. The number of benzene rings is 3. The number of allylic oxidation sites excluding steroid dienone is 10. The van der Waals surface area contributed by atoms with Crippen LogP contribution in [-0.2, 0) is 9.59 Å². The van der Waals surface area contributed by atoms with Crippen LogP contribution in [0, 0.1) is 7.14 Å². The van der Waals surface area contributed by atoms with Crippen molar-refractivity contribution in [2.45, 2.75) is 0 Å².